The maximum atomic E-state index is 11.5. The third-order valence-corrected chi connectivity index (χ3v) is 2.40. The molecule has 3 heteroatoms. The number of hydrogen-bond donors (Lipinski definition) is 0. The van der Waals surface area contributed by atoms with Gasteiger partial charge in [-0.2, -0.15) is 0 Å². The molecule has 0 aliphatic carbocycles. The normalized spacial score (nSPS) is 15.2. The van der Waals surface area contributed by atoms with Crippen LogP contribution in [0.15, 0.2) is 12.3 Å². The summed E-state index contributed by atoms with van der Waals surface area (Å²) in [6.45, 7) is 4.65. The van der Waals surface area contributed by atoms with Crippen molar-refractivity contribution in [3.63, 3.8) is 0 Å². The Bertz CT molecular complexity index is 372. The van der Waals surface area contributed by atoms with Gasteiger partial charge in [-0.1, -0.05) is 13.8 Å². The Kier molecular flexibility index (Phi) is 2.23. The Hall–Kier alpha value is -1.38. The van der Waals surface area contributed by atoms with Crippen molar-refractivity contribution in [2.24, 2.45) is 0 Å². The molecule has 0 amide bonds. The van der Waals surface area contributed by atoms with Crippen LogP contribution in [0.2, 0.25) is 0 Å². The molecule has 2 rings (SSSR count). The Morgan fingerprint density at radius 1 is 1.50 bits per heavy atom. The van der Waals surface area contributed by atoms with Crippen LogP contribution in [0.1, 0.15) is 42.2 Å². The summed E-state index contributed by atoms with van der Waals surface area (Å²) in [5.74, 6) is 1.14. The summed E-state index contributed by atoms with van der Waals surface area (Å²) in [6.07, 6.45) is 2.13. The molecule has 1 aliphatic heterocycles. The standard InChI is InChI=1S/C11H13NO2/c1-7(2)8-3-5-12-10-9(13)4-6-14-11(8)10/h3,5,7H,4,6H2,1-2H3. The van der Waals surface area contributed by atoms with Crippen molar-refractivity contribution in [2.75, 3.05) is 6.61 Å². The second-order valence-corrected chi connectivity index (χ2v) is 3.75. The molecule has 0 atom stereocenters. The molecule has 0 spiro atoms. The highest BCUT2D eigenvalue weighted by molar-refractivity contribution is 5.98. The predicted octanol–water partition coefficient (Wildman–Crippen LogP) is 2.17. The SMILES string of the molecule is CC(C)c1ccnc2c1OCCC2=O. The molecule has 1 aliphatic rings. The summed E-state index contributed by atoms with van der Waals surface area (Å²) in [6, 6.07) is 1.92. The summed E-state index contributed by atoms with van der Waals surface area (Å²) in [7, 11) is 0. The first-order valence-electron chi connectivity index (χ1n) is 4.85. The molecule has 1 aromatic heterocycles. The highest BCUT2D eigenvalue weighted by Gasteiger charge is 2.23. The van der Waals surface area contributed by atoms with Gasteiger partial charge in [-0.25, -0.2) is 4.98 Å². The lowest BCUT2D eigenvalue weighted by molar-refractivity contribution is 0.0925. The number of ether oxygens (including phenoxy) is 1. The summed E-state index contributed by atoms with van der Waals surface area (Å²) in [5, 5.41) is 0. The van der Waals surface area contributed by atoms with Crippen LogP contribution in [0.4, 0.5) is 0 Å². The molecule has 0 fully saturated rings. The van der Waals surface area contributed by atoms with Crippen molar-refractivity contribution in [3.8, 4) is 5.75 Å². The van der Waals surface area contributed by atoms with E-state index in [1.165, 1.54) is 0 Å². The third kappa shape index (κ3) is 1.39. The fourth-order valence-electron chi connectivity index (χ4n) is 1.63. The first-order valence-corrected chi connectivity index (χ1v) is 4.85. The Morgan fingerprint density at radius 2 is 2.29 bits per heavy atom. The Morgan fingerprint density at radius 3 is 3.00 bits per heavy atom. The van der Waals surface area contributed by atoms with E-state index in [2.05, 4.69) is 18.8 Å². The molecule has 0 radical (unpaired) electrons. The number of hydrogen-bond acceptors (Lipinski definition) is 3. The van der Waals surface area contributed by atoms with Gasteiger partial charge in [0, 0.05) is 18.2 Å². The number of carbonyl (C=O) groups excluding carboxylic acids is 1. The number of aromatic nitrogens is 1. The number of pyridine rings is 1. The molecule has 0 unspecified atom stereocenters. The van der Waals surface area contributed by atoms with Gasteiger partial charge in [0.1, 0.15) is 5.69 Å². The lowest BCUT2D eigenvalue weighted by Gasteiger charge is -2.19. The van der Waals surface area contributed by atoms with E-state index in [0.29, 0.717) is 30.4 Å². The minimum atomic E-state index is 0.0914. The van der Waals surface area contributed by atoms with Crippen molar-refractivity contribution < 1.29 is 9.53 Å². The Balaban J connectivity index is 2.55. The van der Waals surface area contributed by atoms with E-state index >= 15 is 0 Å². The first kappa shape index (κ1) is 9.19. The van der Waals surface area contributed by atoms with Crippen molar-refractivity contribution in [3.05, 3.63) is 23.5 Å². The van der Waals surface area contributed by atoms with E-state index in [9.17, 15) is 4.79 Å². The average molecular weight is 191 g/mol. The summed E-state index contributed by atoms with van der Waals surface area (Å²) < 4.78 is 5.50. The summed E-state index contributed by atoms with van der Waals surface area (Å²) in [4.78, 5) is 15.6. The average Bonchev–Trinajstić information content (AvgIpc) is 2.17. The van der Waals surface area contributed by atoms with Gasteiger partial charge in [-0.15, -0.1) is 0 Å². The van der Waals surface area contributed by atoms with Crippen molar-refractivity contribution in [1.82, 2.24) is 4.98 Å². The lowest BCUT2D eigenvalue weighted by Crippen LogP contribution is -2.18. The van der Waals surface area contributed by atoms with Crippen LogP contribution in [-0.4, -0.2) is 17.4 Å². The molecule has 3 nitrogen and oxygen atoms in total. The number of Topliss-reactive ketones (excluding diaryl/α,β-unsaturated/α-hetero) is 1. The van der Waals surface area contributed by atoms with E-state index in [1.54, 1.807) is 6.20 Å². The van der Waals surface area contributed by atoms with Gasteiger partial charge in [-0.05, 0) is 12.0 Å². The fraction of sp³-hybridized carbons (Fsp3) is 0.455. The number of nitrogens with zero attached hydrogens (tertiary/aromatic N) is 1. The number of rotatable bonds is 1. The zero-order valence-corrected chi connectivity index (χ0v) is 8.41. The van der Waals surface area contributed by atoms with Gasteiger partial charge in [0.2, 0.25) is 0 Å². The van der Waals surface area contributed by atoms with Gasteiger partial charge in [-0.3, -0.25) is 4.79 Å². The highest BCUT2D eigenvalue weighted by atomic mass is 16.5. The molecule has 0 bridgehead atoms. The zero-order chi connectivity index (χ0) is 10.1. The van der Waals surface area contributed by atoms with Crippen LogP contribution >= 0.6 is 0 Å². The largest absolute Gasteiger partial charge is 0.490 e. The molecule has 0 saturated heterocycles. The first-order chi connectivity index (χ1) is 6.70. The second-order valence-electron chi connectivity index (χ2n) is 3.75. The lowest BCUT2D eigenvalue weighted by atomic mass is 9.99. The van der Waals surface area contributed by atoms with Crippen LogP contribution < -0.4 is 4.74 Å². The molecule has 2 heterocycles. The molecular weight excluding hydrogens is 178 g/mol. The van der Waals surface area contributed by atoms with E-state index in [4.69, 9.17) is 4.74 Å². The topological polar surface area (TPSA) is 39.2 Å². The Labute approximate surface area is 83.1 Å². The van der Waals surface area contributed by atoms with Gasteiger partial charge in [0.05, 0.1) is 6.61 Å². The quantitative estimate of drug-likeness (QED) is 0.682. The van der Waals surface area contributed by atoms with Crippen molar-refractivity contribution >= 4 is 5.78 Å². The smallest absolute Gasteiger partial charge is 0.188 e. The third-order valence-electron chi connectivity index (χ3n) is 2.40. The van der Waals surface area contributed by atoms with E-state index in [1.807, 2.05) is 6.07 Å². The van der Waals surface area contributed by atoms with E-state index in [0.717, 1.165) is 5.56 Å². The van der Waals surface area contributed by atoms with Crippen LogP contribution in [0.25, 0.3) is 0 Å². The fourth-order valence-corrected chi connectivity index (χ4v) is 1.63. The van der Waals surface area contributed by atoms with Crippen molar-refractivity contribution in [1.29, 1.82) is 0 Å². The predicted molar refractivity (Wildman–Crippen MR) is 52.8 cm³/mol. The molecule has 74 valence electrons. The summed E-state index contributed by atoms with van der Waals surface area (Å²) >= 11 is 0. The monoisotopic (exact) mass is 191 g/mol. The minimum Gasteiger partial charge on any atom is -0.490 e. The molecule has 0 aromatic carbocycles. The minimum absolute atomic E-state index is 0.0914. The highest BCUT2D eigenvalue weighted by Crippen LogP contribution is 2.31. The van der Waals surface area contributed by atoms with Gasteiger partial charge in [0.25, 0.3) is 0 Å². The number of carbonyl (C=O) groups is 1. The van der Waals surface area contributed by atoms with Crippen molar-refractivity contribution in [2.45, 2.75) is 26.2 Å². The van der Waals surface area contributed by atoms with Gasteiger partial charge in [0.15, 0.2) is 11.5 Å². The molecular formula is C11H13NO2. The number of fused-ring (bicyclic) bond motifs is 1. The van der Waals surface area contributed by atoms with Crippen LogP contribution in [-0.2, 0) is 0 Å². The molecule has 14 heavy (non-hydrogen) atoms. The molecule has 0 N–H and O–H groups in total. The number of ketones is 1. The second kappa shape index (κ2) is 3.40. The van der Waals surface area contributed by atoms with Crippen LogP contribution in [0.3, 0.4) is 0 Å². The zero-order valence-electron chi connectivity index (χ0n) is 8.41. The molecule has 0 saturated carbocycles. The maximum absolute atomic E-state index is 11.5. The van der Waals surface area contributed by atoms with Crippen LogP contribution in [0.5, 0.6) is 5.75 Å². The summed E-state index contributed by atoms with van der Waals surface area (Å²) in [5.41, 5.74) is 1.57. The van der Waals surface area contributed by atoms with E-state index in [-0.39, 0.29) is 5.78 Å². The molecule has 1 aromatic rings. The van der Waals surface area contributed by atoms with Gasteiger partial charge >= 0.3 is 0 Å². The maximum Gasteiger partial charge on any atom is 0.188 e. The van der Waals surface area contributed by atoms with E-state index < -0.39 is 0 Å². The van der Waals surface area contributed by atoms with Gasteiger partial charge < -0.3 is 4.74 Å². The van der Waals surface area contributed by atoms with Crippen LogP contribution in [0, 0.1) is 0 Å².